The minimum Gasteiger partial charge on any atom is -0.496 e. The number of methoxy groups -OCH3 is 1. The summed E-state index contributed by atoms with van der Waals surface area (Å²) >= 11 is 0. The summed E-state index contributed by atoms with van der Waals surface area (Å²) in [7, 11) is 1.77. The van der Waals surface area contributed by atoms with Gasteiger partial charge in [-0.05, 0) is 41.9 Å². The predicted octanol–water partition coefficient (Wildman–Crippen LogP) is 3.50. The van der Waals surface area contributed by atoms with Crippen LogP contribution < -0.4 is 10.1 Å². The van der Waals surface area contributed by atoms with Crippen LogP contribution in [-0.4, -0.2) is 20.2 Å². The van der Waals surface area contributed by atoms with E-state index in [1.54, 1.807) is 7.11 Å². The van der Waals surface area contributed by atoms with Crippen molar-refractivity contribution in [3.05, 3.63) is 29.3 Å². The minimum absolute atomic E-state index is 0.541. The molecule has 0 bridgehead atoms. The highest BCUT2D eigenvalue weighted by Crippen LogP contribution is 2.51. The molecule has 1 aliphatic heterocycles. The predicted molar refractivity (Wildman–Crippen MR) is 78.9 cm³/mol. The van der Waals surface area contributed by atoms with E-state index in [1.807, 2.05) is 0 Å². The third-order valence-electron chi connectivity index (χ3n) is 5.25. The van der Waals surface area contributed by atoms with Crippen LogP contribution in [0.3, 0.4) is 0 Å². The molecular weight excluding hydrogens is 234 g/mol. The van der Waals surface area contributed by atoms with Crippen molar-refractivity contribution in [2.45, 2.75) is 44.9 Å². The third kappa shape index (κ3) is 2.16. The highest BCUT2D eigenvalue weighted by Gasteiger charge is 2.45. The lowest BCUT2D eigenvalue weighted by Crippen LogP contribution is -2.25. The monoisotopic (exact) mass is 259 g/mol. The van der Waals surface area contributed by atoms with Gasteiger partial charge in [0.05, 0.1) is 7.11 Å². The SMILES string of the molecule is CCc1cc(C2CNCC23CCCC3)ccc1OC. The normalized spacial score (nSPS) is 25.1. The average molecular weight is 259 g/mol. The molecule has 1 aromatic carbocycles. The molecule has 2 nitrogen and oxygen atoms in total. The van der Waals surface area contributed by atoms with E-state index in [9.17, 15) is 0 Å². The van der Waals surface area contributed by atoms with E-state index in [2.05, 4.69) is 30.4 Å². The Morgan fingerprint density at radius 2 is 2.11 bits per heavy atom. The fraction of sp³-hybridized carbons (Fsp3) is 0.647. The second-order valence-electron chi connectivity index (χ2n) is 6.18. The average Bonchev–Trinajstić information content (AvgIpc) is 3.09. The van der Waals surface area contributed by atoms with Gasteiger partial charge < -0.3 is 10.1 Å². The summed E-state index contributed by atoms with van der Waals surface area (Å²) in [6, 6.07) is 6.83. The first-order valence-corrected chi connectivity index (χ1v) is 7.66. The van der Waals surface area contributed by atoms with Crippen LogP contribution in [0.15, 0.2) is 18.2 Å². The van der Waals surface area contributed by atoms with Crippen LogP contribution in [-0.2, 0) is 6.42 Å². The Morgan fingerprint density at radius 3 is 2.79 bits per heavy atom. The fourth-order valence-corrected chi connectivity index (χ4v) is 4.17. The van der Waals surface area contributed by atoms with Gasteiger partial charge in [-0.3, -0.25) is 0 Å². The first kappa shape index (κ1) is 13.0. The zero-order chi connectivity index (χ0) is 13.3. The smallest absolute Gasteiger partial charge is 0.122 e. The second kappa shape index (κ2) is 5.16. The lowest BCUT2D eigenvalue weighted by atomic mass is 9.73. The van der Waals surface area contributed by atoms with Gasteiger partial charge in [0.2, 0.25) is 0 Å². The van der Waals surface area contributed by atoms with Gasteiger partial charge in [0.25, 0.3) is 0 Å². The summed E-state index contributed by atoms with van der Waals surface area (Å²) in [6.45, 7) is 4.57. The van der Waals surface area contributed by atoms with Crippen LogP contribution in [0.5, 0.6) is 5.75 Å². The Balaban J connectivity index is 1.93. The molecule has 1 aromatic rings. The molecule has 2 heteroatoms. The van der Waals surface area contributed by atoms with Crippen molar-refractivity contribution in [3.8, 4) is 5.75 Å². The number of aryl methyl sites for hydroxylation is 1. The lowest BCUT2D eigenvalue weighted by molar-refractivity contribution is 0.294. The van der Waals surface area contributed by atoms with Crippen molar-refractivity contribution in [1.29, 1.82) is 0 Å². The van der Waals surface area contributed by atoms with Crippen LogP contribution in [0, 0.1) is 5.41 Å². The van der Waals surface area contributed by atoms with E-state index in [4.69, 9.17) is 4.74 Å². The molecule has 3 rings (SSSR count). The van der Waals surface area contributed by atoms with Gasteiger partial charge in [-0.15, -0.1) is 0 Å². The molecular formula is C17H25NO. The van der Waals surface area contributed by atoms with Crippen molar-refractivity contribution in [3.63, 3.8) is 0 Å². The standard InChI is InChI=1S/C17H25NO/c1-3-13-10-14(6-7-16(13)19-2)15-11-18-12-17(15)8-4-5-9-17/h6-7,10,15,18H,3-5,8-9,11-12H2,1-2H3. The summed E-state index contributed by atoms with van der Waals surface area (Å²) in [4.78, 5) is 0. The largest absolute Gasteiger partial charge is 0.496 e. The lowest BCUT2D eigenvalue weighted by Gasteiger charge is -2.30. The van der Waals surface area contributed by atoms with Crippen molar-refractivity contribution >= 4 is 0 Å². The van der Waals surface area contributed by atoms with Crippen LogP contribution >= 0.6 is 0 Å². The van der Waals surface area contributed by atoms with E-state index in [1.165, 1.54) is 43.4 Å². The maximum absolute atomic E-state index is 5.46. The summed E-state index contributed by atoms with van der Waals surface area (Å²) < 4.78 is 5.46. The molecule has 104 valence electrons. The van der Waals surface area contributed by atoms with Crippen molar-refractivity contribution in [1.82, 2.24) is 5.32 Å². The Labute approximate surface area is 116 Å². The van der Waals surface area contributed by atoms with E-state index < -0.39 is 0 Å². The molecule has 1 saturated heterocycles. The molecule has 0 amide bonds. The molecule has 19 heavy (non-hydrogen) atoms. The van der Waals surface area contributed by atoms with Gasteiger partial charge >= 0.3 is 0 Å². The number of nitrogens with one attached hydrogen (secondary N) is 1. The van der Waals surface area contributed by atoms with Crippen LogP contribution in [0.2, 0.25) is 0 Å². The number of benzene rings is 1. The van der Waals surface area contributed by atoms with Crippen LogP contribution in [0.4, 0.5) is 0 Å². The van der Waals surface area contributed by atoms with Gasteiger partial charge in [-0.25, -0.2) is 0 Å². The molecule has 0 aromatic heterocycles. The molecule has 0 radical (unpaired) electrons. The molecule has 1 N–H and O–H groups in total. The number of hydrogen-bond acceptors (Lipinski definition) is 2. The van der Waals surface area contributed by atoms with Crippen LogP contribution in [0.25, 0.3) is 0 Å². The Morgan fingerprint density at radius 1 is 1.32 bits per heavy atom. The molecule has 1 aliphatic carbocycles. The number of hydrogen-bond donors (Lipinski definition) is 1. The third-order valence-corrected chi connectivity index (χ3v) is 5.25. The van der Waals surface area contributed by atoms with Crippen LogP contribution in [0.1, 0.15) is 49.7 Å². The first-order chi connectivity index (χ1) is 9.29. The van der Waals surface area contributed by atoms with E-state index in [-0.39, 0.29) is 0 Å². The van der Waals surface area contributed by atoms with Gasteiger partial charge in [0, 0.05) is 19.0 Å². The second-order valence-corrected chi connectivity index (χ2v) is 6.18. The van der Waals surface area contributed by atoms with E-state index in [0.29, 0.717) is 11.3 Å². The van der Waals surface area contributed by atoms with Crippen molar-refractivity contribution in [2.75, 3.05) is 20.2 Å². The summed E-state index contributed by atoms with van der Waals surface area (Å²) in [5.74, 6) is 1.74. The van der Waals surface area contributed by atoms with Crippen molar-refractivity contribution < 1.29 is 4.74 Å². The summed E-state index contributed by atoms with van der Waals surface area (Å²) in [6.07, 6.45) is 6.67. The van der Waals surface area contributed by atoms with Gasteiger partial charge in [-0.2, -0.15) is 0 Å². The Hall–Kier alpha value is -1.02. The van der Waals surface area contributed by atoms with E-state index in [0.717, 1.165) is 18.7 Å². The summed E-state index contributed by atoms with van der Waals surface area (Å²) in [5.41, 5.74) is 3.41. The first-order valence-electron chi connectivity index (χ1n) is 7.66. The molecule has 1 spiro atoms. The van der Waals surface area contributed by atoms with Gasteiger partial charge in [0.1, 0.15) is 5.75 Å². The molecule has 1 saturated carbocycles. The molecule has 1 heterocycles. The maximum Gasteiger partial charge on any atom is 0.122 e. The quantitative estimate of drug-likeness (QED) is 0.897. The molecule has 1 atom stereocenters. The highest BCUT2D eigenvalue weighted by atomic mass is 16.5. The highest BCUT2D eigenvalue weighted by molar-refractivity contribution is 5.40. The summed E-state index contributed by atoms with van der Waals surface area (Å²) in [5, 5.41) is 3.64. The Bertz CT molecular complexity index is 443. The molecule has 2 aliphatic rings. The zero-order valence-corrected chi connectivity index (χ0v) is 12.2. The maximum atomic E-state index is 5.46. The molecule has 2 fully saturated rings. The number of rotatable bonds is 3. The zero-order valence-electron chi connectivity index (χ0n) is 12.2. The fourth-order valence-electron chi connectivity index (χ4n) is 4.17. The van der Waals surface area contributed by atoms with Gasteiger partial charge in [-0.1, -0.05) is 31.9 Å². The Kier molecular flexibility index (Phi) is 3.53. The number of ether oxygens (including phenoxy) is 1. The van der Waals surface area contributed by atoms with E-state index >= 15 is 0 Å². The topological polar surface area (TPSA) is 21.3 Å². The van der Waals surface area contributed by atoms with Gasteiger partial charge in [0.15, 0.2) is 0 Å². The molecule has 1 unspecified atom stereocenters. The van der Waals surface area contributed by atoms with Crippen molar-refractivity contribution in [2.24, 2.45) is 5.41 Å². The minimum atomic E-state index is 0.541.